The van der Waals surface area contributed by atoms with Crippen LogP contribution in [0.4, 0.5) is 5.69 Å². The van der Waals surface area contributed by atoms with Crippen LogP contribution in [0.15, 0.2) is 30.3 Å². The maximum atomic E-state index is 13.6. The van der Waals surface area contributed by atoms with E-state index in [0.29, 0.717) is 19.8 Å². The molecule has 148 valence electrons. The monoisotopic (exact) mass is 398 g/mol. The van der Waals surface area contributed by atoms with Gasteiger partial charge in [-0.05, 0) is 69.0 Å². The number of ether oxygens (including phenoxy) is 2. The zero-order chi connectivity index (χ0) is 19.1. The van der Waals surface area contributed by atoms with Gasteiger partial charge in [-0.2, -0.15) is 0 Å². The largest absolute Gasteiger partial charge is 0.486 e. The van der Waals surface area contributed by atoms with E-state index in [-0.39, 0.29) is 17.2 Å². The summed E-state index contributed by atoms with van der Waals surface area (Å²) in [5.41, 5.74) is 1.12. The van der Waals surface area contributed by atoms with Crippen LogP contribution in [0.5, 0.6) is 11.5 Å². The molecule has 5 nitrogen and oxygen atoms in total. The topological polar surface area (TPSA) is 50.8 Å². The van der Waals surface area contributed by atoms with Crippen LogP contribution in [0.1, 0.15) is 29.0 Å². The zero-order valence-corrected chi connectivity index (χ0v) is 17.0. The van der Waals surface area contributed by atoms with Crippen molar-refractivity contribution in [1.82, 2.24) is 5.32 Å². The van der Waals surface area contributed by atoms with Crippen LogP contribution in [0, 0.1) is 18.3 Å². The molecule has 5 rings (SSSR count). The van der Waals surface area contributed by atoms with Gasteiger partial charge in [0.2, 0.25) is 5.91 Å². The lowest BCUT2D eigenvalue weighted by molar-refractivity contribution is -0.120. The molecule has 1 saturated carbocycles. The fourth-order valence-electron chi connectivity index (χ4n) is 4.58. The van der Waals surface area contributed by atoms with E-state index >= 15 is 0 Å². The summed E-state index contributed by atoms with van der Waals surface area (Å²) in [7, 11) is 0. The maximum absolute atomic E-state index is 13.6. The Kier molecular flexibility index (Phi) is 4.56. The van der Waals surface area contributed by atoms with Gasteiger partial charge in [0.1, 0.15) is 13.2 Å². The number of nitrogens with zero attached hydrogens (tertiary/aromatic N) is 1. The molecule has 1 aliphatic carbocycles. The number of hydrogen-bond donors (Lipinski definition) is 1. The van der Waals surface area contributed by atoms with Crippen molar-refractivity contribution in [1.29, 1.82) is 0 Å². The van der Waals surface area contributed by atoms with Crippen molar-refractivity contribution in [2.45, 2.75) is 32.7 Å². The minimum absolute atomic E-state index is 0.142. The van der Waals surface area contributed by atoms with Gasteiger partial charge in [0.25, 0.3) is 0 Å². The third-order valence-electron chi connectivity index (χ3n) is 6.30. The van der Waals surface area contributed by atoms with Crippen molar-refractivity contribution in [3.8, 4) is 11.5 Å². The summed E-state index contributed by atoms with van der Waals surface area (Å²) in [6, 6.07) is 10.1. The Labute approximate surface area is 169 Å². The van der Waals surface area contributed by atoms with Crippen molar-refractivity contribution in [2.75, 3.05) is 31.2 Å². The van der Waals surface area contributed by atoms with Crippen molar-refractivity contribution >= 4 is 22.9 Å². The van der Waals surface area contributed by atoms with Gasteiger partial charge in [0.15, 0.2) is 11.5 Å². The predicted molar refractivity (Wildman–Crippen MR) is 110 cm³/mol. The number of thiophene rings is 1. The lowest BCUT2D eigenvalue weighted by Crippen LogP contribution is -2.36. The second-order valence-corrected chi connectivity index (χ2v) is 9.51. The number of amides is 1. The maximum Gasteiger partial charge on any atom is 0.231 e. The Morgan fingerprint density at radius 1 is 1.18 bits per heavy atom. The van der Waals surface area contributed by atoms with Gasteiger partial charge in [-0.3, -0.25) is 4.79 Å². The highest BCUT2D eigenvalue weighted by atomic mass is 32.1. The van der Waals surface area contributed by atoms with E-state index in [1.807, 2.05) is 23.1 Å². The van der Waals surface area contributed by atoms with Gasteiger partial charge in [0, 0.05) is 27.4 Å². The standard InChI is InChI=1S/C22H26N2O3S/c1-15-2-4-17(28-15)14-24(16-3-5-19-20(12-16)27-11-10-26-19)21(25)18-13-22(18)6-8-23-9-7-22/h2-5,12,18,23H,6-11,13-14H2,1H3. The van der Waals surface area contributed by atoms with Crippen LogP contribution in [-0.4, -0.2) is 32.2 Å². The van der Waals surface area contributed by atoms with Crippen LogP contribution in [0.3, 0.4) is 0 Å². The van der Waals surface area contributed by atoms with Gasteiger partial charge >= 0.3 is 0 Å². The SMILES string of the molecule is Cc1ccc(CN(C(=O)C2CC23CCNCC3)c2ccc3c(c2)OCCO3)s1. The number of carbonyl (C=O) groups is 1. The molecular weight excluding hydrogens is 372 g/mol. The van der Waals surface area contributed by atoms with Gasteiger partial charge in [-0.1, -0.05) is 0 Å². The van der Waals surface area contributed by atoms with E-state index in [1.165, 1.54) is 9.75 Å². The number of carbonyl (C=O) groups excluding carboxylic acids is 1. The molecule has 28 heavy (non-hydrogen) atoms. The molecule has 3 aliphatic rings. The molecule has 2 fully saturated rings. The number of piperidine rings is 1. The highest BCUT2D eigenvalue weighted by molar-refractivity contribution is 7.11. The van der Waals surface area contributed by atoms with Crippen LogP contribution in [0.2, 0.25) is 0 Å². The van der Waals surface area contributed by atoms with Gasteiger partial charge < -0.3 is 19.7 Å². The van der Waals surface area contributed by atoms with Crippen LogP contribution in [-0.2, 0) is 11.3 Å². The molecule has 1 unspecified atom stereocenters. The van der Waals surface area contributed by atoms with Crippen LogP contribution in [0.25, 0.3) is 0 Å². The van der Waals surface area contributed by atoms with E-state index in [4.69, 9.17) is 9.47 Å². The molecule has 3 heterocycles. The van der Waals surface area contributed by atoms with Crippen molar-refractivity contribution in [3.05, 3.63) is 40.1 Å². The molecule has 0 bridgehead atoms. The molecule has 1 atom stereocenters. The Morgan fingerprint density at radius 3 is 2.71 bits per heavy atom. The number of rotatable bonds is 4. The summed E-state index contributed by atoms with van der Waals surface area (Å²) in [5, 5.41) is 3.42. The summed E-state index contributed by atoms with van der Waals surface area (Å²) in [4.78, 5) is 18.0. The number of hydrogen-bond acceptors (Lipinski definition) is 5. The van der Waals surface area contributed by atoms with Crippen LogP contribution < -0.4 is 19.7 Å². The molecule has 1 spiro atoms. The van der Waals surface area contributed by atoms with Gasteiger partial charge in [0.05, 0.1) is 6.54 Å². The normalized spacial score (nSPS) is 22.1. The molecule has 6 heteroatoms. The quantitative estimate of drug-likeness (QED) is 0.852. The van der Waals surface area contributed by atoms with Crippen LogP contribution >= 0.6 is 11.3 Å². The third-order valence-corrected chi connectivity index (χ3v) is 7.29. The summed E-state index contributed by atoms with van der Waals surface area (Å²) in [6.45, 7) is 5.89. The Balaban J connectivity index is 1.44. The highest BCUT2D eigenvalue weighted by Gasteiger charge is 2.58. The number of aryl methyl sites for hydroxylation is 1. The number of nitrogens with one attached hydrogen (secondary N) is 1. The second kappa shape index (κ2) is 7.08. The fourth-order valence-corrected chi connectivity index (χ4v) is 5.46. The lowest BCUT2D eigenvalue weighted by Gasteiger charge is -2.28. The highest BCUT2D eigenvalue weighted by Crippen LogP contribution is 2.59. The lowest BCUT2D eigenvalue weighted by atomic mass is 9.91. The zero-order valence-electron chi connectivity index (χ0n) is 16.2. The Morgan fingerprint density at radius 2 is 1.96 bits per heavy atom. The van der Waals surface area contributed by atoms with E-state index in [9.17, 15) is 4.79 Å². The number of benzene rings is 1. The average molecular weight is 399 g/mol. The van der Waals surface area contributed by atoms with Gasteiger partial charge in [-0.25, -0.2) is 0 Å². The van der Waals surface area contributed by atoms with Crippen molar-refractivity contribution in [2.24, 2.45) is 11.3 Å². The van der Waals surface area contributed by atoms with E-state index in [2.05, 4.69) is 24.4 Å². The number of fused-ring (bicyclic) bond motifs is 1. The molecule has 1 aromatic heterocycles. The minimum Gasteiger partial charge on any atom is -0.486 e. The smallest absolute Gasteiger partial charge is 0.231 e. The Bertz CT molecular complexity index is 888. The fraction of sp³-hybridized carbons (Fsp3) is 0.500. The molecular formula is C22H26N2O3S. The van der Waals surface area contributed by atoms with Crippen molar-refractivity contribution < 1.29 is 14.3 Å². The summed E-state index contributed by atoms with van der Waals surface area (Å²) in [5.74, 6) is 1.89. The molecule has 2 aliphatic heterocycles. The molecule has 1 aromatic carbocycles. The van der Waals surface area contributed by atoms with Crippen molar-refractivity contribution in [3.63, 3.8) is 0 Å². The molecule has 1 amide bonds. The molecule has 2 aromatic rings. The van der Waals surface area contributed by atoms with E-state index in [0.717, 1.165) is 49.5 Å². The number of anilines is 1. The van der Waals surface area contributed by atoms with E-state index < -0.39 is 0 Å². The first kappa shape index (κ1) is 18.0. The first-order chi connectivity index (χ1) is 13.6. The third kappa shape index (κ3) is 3.29. The molecule has 0 radical (unpaired) electrons. The molecule has 1 N–H and O–H groups in total. The predicted octanol–water partition coefficient (Wildman–Crippen LogP) is 3.75. The van der Waals surface area contributed by atoms with E-state index in [1.54, 1.807) is 11.3 Å². The average Bonchev–Trinajstić information content (AvgIpc) is 3.24. The minimum atomic E-state index is 0.142. The molecule has 1 saturated heterocycles. The summed E-state index contributed by atoms with van der Waals surface area (Å²) < 4.78 is 11.4. The second-order valence-electron chi connectivity index (χ2n) is 8.13. The first-order valence-electron chi connectivity index (χ1n) is 10.1. The van der Waals surface area contributed by atoms with Gasteiger partial charge in [-0.15, -0.1) is 11.3 Å². The summed E-state index contributed by atoms with van der Waals surface area (Å²) >= 11 is 1.76. The Hall–Kier alpha value is -2.05. The summed E-state index contributed by atoms with van der Waals surface area (Å²) in [6.07, 6.45) is 3.24. The first-order valence-corrected chi connectivity index (χ1v) is 10.9.